The molecule has 6 atom stereocenters. The Balaban J connectivity index is 2.41. The van der Waals surface area contributed by atoms with Crippen molar-refractivity contribution < 1.29 is 24.9 Å². The molecule has 0 aliphatic heterocycles. The van der Waals surface area contributed by atoms with E-state index in [1.807, 2.05) is 26.8 Å². The van der Waals surface area contributed by atoms with Crippen molar-refractivity contribution >= 4 is 5.78 Å². The largest absolute Gasteiger partial charge is 0.493 e. The van der Waals surface area contributed by atoms with E-state index < -0.39 is 17.3 Å². The van der Waals surface area contributed by atoms with Gasteiger partial charge in [-0.1, -0.05) is 72.6 Å². The molecule has 6 unspecified atom stereocenters. The van der Waals surface area contributed by atoms with Crippen molar-refractivity contribution in [3.05, 3.63) is 23.0 Å². The molecule has 0 radical (unpaired) electrons. The van der Waals surface area contributed by atoms with Crippen molar-refractivity contribution in [1.29, 1.82) is 0 Å². The summed E-state index contributed by atoms with van der Waals surface area (Å²) in [7, 11) is 0. The smallest absolute Gasteiger partial charge is 0.132 e. The number of carbonyl (C=O) groups excluding carboxylic acids is 1. The average molecular weight is 593 g/mol. The summed E-state index contributed by atoms with van der Waals surface area (Å²) in [6.07, 6.45) is 18.3. The standard InChI is InChI=1S/C37H68O5/c1-9-10-11-12-13-14-26-42-35-31(5)30(4)34(39)27-33(35)21-20-28(2)18-15-22-36(7,40)24-17-25-37(8,41)23-16-19-29(3)32(6)38/h27-30,34,39-41H,9-26H2,1-8H3. The topological polar surface area (TPSA) is 87.0 Å². The molecular weight excluding hydrogens is 524 g/mol. The number of aliphatic hydroxyl groups is 3. The Labute approximate surface area is 259 Å². The molecule has 0 amide bonds. The molecule has 0 spiro atoms. The predicted molar refractivity (Wildman–Crippen MR) is 176 cm³/mol. The van der Waals surface area contributed by atoms with Gasteiger partial charge in [0.1, 0.15) is 11.5 Å². The van der Waals surface area contributed by atoms with Gasteiger partial charge in [-0.25, -0.2) is 0 Å². The first-order valence-corrected chi connectivity index (χ1v) is 17.4. The summed E-state index contributed by atoms with van der Waals surface area (Å²) < 4.78 is 6.33. The van der Waals surface area contributed by atoms with Crippen molar-refractivity contribution in [3.8, 4) is 0 Å². The summed E-state index contributed by atoms with van der Waals surface area (Å²) in [5, 5.41) is 32.3. The summed E-state index contributed by atoms with van der Waals surface area (Å²) in [6, 6.07) is 0. The average Bonchev–Trinajstić information content (AvgIpc) is 2.90. The highest BCUT2D eigenvalue weighted by Crippen LogP contribution is 2.35. The van der Waals surface area contributed by atoms with Gasteiger partial charge in [0.25, 0.3) is 0 Å². The van der Waals surface area contributed by atoms with Crippen molar-refractivity contribution in [3.63, 3.8) is 0 Å². The minimum Gasteiger partial charge on any atom is -0.493 e. The number of allylic oxidation sites excluding steroid dienone is 1. The molecule has 3 N–H and O–H groups in total. The van der Waals surface area contributed by atoms with Gasteiger partial charge in [-0.2, -0.15) is 0 Å². The molecule has 0 aromatic carbocycles. The summed E-state index contributed by atoms with van der Waals surface area (Å²) in [6.45, 7) is 16.9. The normalized spacial score (nSPS) is 21.8. The Morgan fingerprint density at radius 2 is 1.43 bits per heavy atom. The van der Waals surface area contributed by atoms with Crippen molar-refractivity contribution in [1.82, 2.24) is 0 Å². The maximum absolute atomic E-state index is 11.4. The second-order valence-electron chi connectivity index (χ2n) is 14.4. The van der Waals surface area contributed by atoms with Gasteiger partial charge in [0.05, 0.1) is 23.9 Å². The van der Waals surface area contributed by atoms with Crippen molar-refractivity contribution in [2.75, 3.05) is 6.61 Å². The van der Waals surface area contributed by atoms with Gasteiger partial charge in [-0.15, -0.1) is 0 Å². The molecule has 1 aliphatic rings. The molecule has 0 saturated carbocycles. The van der Waals surface area contributed by atoms with E-state index in [0.717, 1.165) is 75.7 Å². The van der Waals surface area contributed by atoms with Crippen LogP contribution >= 0.6 is 0 Å². The molecule has 0 bridgehead atoms. The quantitative estimate of drug-likeness (QED) is 0.0973. The zero-order chi connectivity index (χ0) is 31.8. The number of carbonyl (C=O) groups is 1. The molecule has 0 fully saturated rings. The second-order valence-corrected chi connectivity index (χ2v) is 14.4. The van der Waals surface area contributed by atoms with Gasteiger partial charge in [0.2, 0.25) is 0 Å². The monoisotopic (exact) mass is 593 g/mol. The van der Waals surface area contributed by atoms with E-state index in [9.17, 15) is 20.1 Å². The number of hydrogen-bond donors (Lipinski definition) is 3. The molecule has 5 nitrogen and oxygen atoms in total. The number of hydrogen-bond acceptors (Lipinski definition) is 5. The minimum absolute atomic E-state index is 0.0597. The van der Waals surface area contributed by atoms with Crippen molar-refractivity contribution in [2.24, 2.45) is 17.8 Å². The van der Waals surface area contributed by atoms with E-state index in [4.69, 9.17) is 4.74 Å². The van der Waals surface area contributed by atoms with E-state index >= 15 is 0 Å². The van der Waals surface area contributed by atoms with E-state index in [1.54, 1.807) is 6.92 Å². The van der Waals surface area contributed by atoms with Crippen LogP contribution in [0.4, 0.5) is 0 Å². The lowest BCUT2D eigenvalue weighted by Gasteiger charge is -2.29. The molecular formula is C37H68O5. The minimum atomic E-state index is -0.746. The third kappa shape index (κ3) is 16.1. The molecule has 246 valence electrons. The number of unbranched alkanes of at least 4 members (excludes halogenated alkanes) is 5. The summed E-state index contributed by atoms with van der Waals surface area (Å²) in [5.74, 6) is 1.90. The first-order valence-electron chi connectivity index (χ1n) is 17.4. The molecule has 0 aromatic heterocycles. The van der Waals surface area contributed by atoms with Crippen LogP contribution in [0.2, 0.25) is 0 Å². The highest BCUT2D eigenvalue weighted by atomic mass is 16.5. The van der Waals surface area contributed by atoms with Crippen LogP contribution in [0.3, 0.4) is 0 Å². The SMILES string of the molecule is CCCCCCCCOC1=C(C)C(C)C(O)C=C1CCC(C)CCCC(C)(O)CCCC(C)(O)CCCC(C)C(C)=O. The van der Waals surface area contributed by atoms with Gasteiger partial charge < -0.3 is 20.1 Å². The van der Waals surface area contributed by atoms with Crippen LogP contribution in [0, 0.1) is 17.8 Å². The number of Topliss-reactive ketones (excluding diaryl/α,β-unsaturated/α-hetero) is 1. The van der Waals surface area contributed by atoms with Gasteiger partial charge in [0.15, 0.2) is 0 Å². The number of aliphatic hydroxyl groups excluding tert-OH is 1. The molecule has 0 heterocycles. The number of ether oxygens (including phenoxy) is 1. The molecule has 1 aliphatic carbocycles. The third-order valence-corrected chi connectivity index (χ3v) is 9.76. The second kappa shape index (κ2) is 20.0. The van der Waals surface area contributed by atoms with E-state index in [-0.39, 0.29) is 17.6 Å². The van der Waals surface area contributed by atoms with Crippen LogP contribution in [0.25, 0.3) is 0 Å². The van der Waals surface area contributed by atoms with E-state index in [0.29, 0.717) is 25.2 Å². The van der Waals surface area contributed by atoms with Crippen LogP contribution in [-0.2, 0) is 9.53 Å². The lowest BCUT2D eigenvalue weighted by atomic mass is 9.83. The highest BCUT2D eigenvalue weighted by molar-refractivity contribution is 5.77. The number of rotatable bonds is 24. The summed E-state index contributed by atoms with van der Waals surface area (Å²) in [4.78, 5) is 11.4. The molecule has 5 heteroatoms. The Bertz CT molecular complexity index is 824. The van der Waals surface area contributed by atoms with E-state index in [1.165, 1.54) is 37.7 Å². The fourth-order valence-corrected chi connectivity index (χ4v) is 6.07. The Kier molecular flexibility index (Phi) is 18.5. The van der Waals surface area contributed by atoms with Crippen LogP contribution < -0.4 is 0 Å². The highest BCUT2D eigenvalue weighted by Gasteiger charge is 2.27. The van der Waals surface area contributed by atoms with Crippen LogP contribution in [0.5, 0.6) is 0 Å². The Morgan fingerprint density at radius 3 is 2.02 bits per heavy atom. The molecule has 0 aromatic rings. The molecule has 1 rings (SSSR count). The summed E-state index contributed by atoms with van der Waals surface area (Å²) >= 11 is 0. The van der Waals surface area contributed by atoms with Gasteiger partial charge in [-0.05, 0) is 115 Å². The van der Waals surface area contributed by atoms with Crippen LogP contribution in [-0.4, -0.2) is 45.0 Å². The van der Waals surface area contributed by atoms with Gasteiger partial charge in [0, 0.05) is 11.8 Å². The van der Waals surface area contributed by atoms with Crippen LogP contribution in [0.15, 0.2) is 23.0 Å². The van der Waals surface area contributed by atoms with Gasteiger partial charge >= 0.3 is 0 Å². The zero-order valence-corrected chi connectivity index (χ0v) is 28.8. The maximum Gasteiger partial charge on any atom is 0.132 e. The van der Waals surface area contributed by atoms with Crippen LogP contribution in [0.1, 0.15) is 165 Å². The van der Waals surface area contributed by atoms with Gasteiger partial charge in [-0.3, -0.25) is 4.79 Å². The molecule has 0 saturated heterocycles. The first-order chi connectivity index (χ1) is 19.7. The Hall–Kier alpha value is -1.17. The third-order valence-electron chi connectivity index (χ3n) is 9.76. The Morgan fingerprint density at radius 1 is 0.881 bits per heavy atom. The fourth-order valence-electron chi connectivity index (χ4n) is 6.07. The van der Waals surface area contributed by atoms with E-state index in [2.05, 4.69) is 27.7 Å². The maximum atomic E-state index is 11.4. The lowest BCUT2D eigenvalue weighted by molar-refractivity contribution is -0.120. The molecule has 42 heavy (non-hydrogen) atoms. The zero-order valence-electron chi connectivity index (χ0n) is 28.8. The lowest BCUT2D eigenvalue weighted by Crippen LogP contribution is -2.28. The predicted octanol–water partition coefficient (Wildman–Crippen LogP) is 9.23. The fraction of sp³-hybridized carbons (Fsp3) is 0.865. The van der Waals surface area contributed by atoms with Crippen molar-refractivity contribution in [2.45, 2.75) is 182 Å². The first kappa shape index (κ1) is 38.9. The number of ketones is 1. The summed E-state index contributed by atoms with van der Waals surface area (Å²) in [5.41, 5.74) is 0.859.